The second kappa shape index (κ2) is 8.14. The molecule has 0 atom stereocenters. The Bertz CT molecular complexity index is 1160. The van der Waals surface area contributed by atoms with Crippen LogP contribution in [0.4, 0.5) is 14.5 Å². The van der Waals surface area contributed by atoms with Crippen molar-refractivity contribution in [3.63, 3.8) is 0 Å². The van der Waals surface area contributed by atoms with Crippen LogP contribution in [0.5, 0.6) is 0 Å². The van der Waals surface area contributed by atoms with Crippen LogP contribution in [0.15, 0.2) is 30.6 Å². The lowest BCUT2D eigenvalue weighted by molar-refractivity contribution is -0.0473. The van der Waals surface area contributed by atoms with Gasteiger partial charge >= 0.3 is 10.2 Å². The first-order valence-corrected chi connectivity index (χ1v) is 12.7. The molecule has 0 amide bonds. The Balaban J connectivity index is 1.66. The summed E-state index contributed by atoms with van der Waals surface area (Å²) in [5.74, 6) is -1.50. The van der Waals surface area contributed by atoms with Crippen LogP contribution in [0.25, 0.3) is 11.0 Å². The maximum Gasteiger partial charge on any atom is 0.327 e. The van der Waals surface area contributed by atoms with E-state index in [0.29, 0.717) is 30.6 Å². The van der Waals surface area contributed by atoms with Gasteiger partial charge in [0, 0.05) is 51.3 Å². The molecule has 10 heteroatoms. The number of benzene rings is 1. The van der Waals surface area contributed by atoms with Crippen molar-refractivity contribution in [2.75, 3.05) is 25.1 Å². The summed E-state index contributed by atoms with van der Waals surface area (Å²) in [5.41, 5.74) is 1.87. The summed E-state index contributed by atoms with van der Waals surface area (Å²) in [6, 6.07) is 5.46. The number of aromatic nitrogens is 2. The van der Waals surface area contributed by atoms with Gasteiger partial charge in [0.1, 0.15) is 12.5 Å². The summed E-state index contributed by atoms with van der Waals surface area (Å²) in [5, 5.41) is 0. The summed E-state index contributed by atoms with van der Waals surface area (Å²) < 4.78 is 58.1. The van der Waals surface area contributed by atoms with Crippen molar-refractivity contribution in [1.29, 1.82) is 0 Å². The molecule has 1 aromatic carbocycles. The Morgan fingerprint density at radius 1 is 1.18 bits per heavy atom. The van der Waals surface area contributed by atoms with E-state index in [1.165, 1.54) is 15.7 Å². The van der Waals surface area contributed by atoms with Gasteiger partial charge in [0.2, 0.25) is 5.92 Å². The predicted octanol–water partition coefficient (Wildman–Crippen LogP) is 4.52. The number of fused-ring (bicyclic) bond motifs is 1. The van der Waals surface area contributed by atoms with Gasteiger partial charge in [-0.3, -0.25) is 4.31 Å². The minimum absolute atomic E-state index is 0.0674. The van der Waals surface area contributed by atoms with E-state index in [9.17, 15) is 17.2 Å². The number of alkyl halides is 2. The maximum atomic E-state index is 13.6. The van der Waals surface area contributed by atoms with Crippen molar-refractivity contribution in [2.24, 2.45) is 5.92 Å². The number of imidazole rings is 1. The van der Waals surface area contributed by atoms with Crippen LogP contribution in [0.3, 0.4) is 0 Å². The third-order valence-corrected chi connectivity index (χ3v) is 8.27. The molecule has 1 saturated carbocycles. The molecular formula is C23H33F2N5O2S. The molecule has 33 heavy (non-hydrogen) atoms. The Morgan fingerprint density at radius 3 is 2.42 bits per heavy atom. The minimum Gasteiger partial charge on any atom is -0.361 e. The van der Waals surface area contributed by atoms with E-state index in [1.807, 2.05) is 13.1 Å². The molecule has 1 aliphatic carbocycles. The van der Waals surface area contributed by atoms with Gasteiger partial charge in [-0.05, 0) is 37.0 Å². The molecule has 4 rings (SSSR count). The van der Waals surface area contributed by atoms with E-state index >= 15 is 0 Å². The zero-order valence-corrected chi connectivity index (χ0v) is 20.7. The van der Waals surface area contributed by atoms with Crippen molar-refractivity contribution in [1.82, 2.24) is 18.8 Å². The highest BCUT2D eigenvalue weighted by molar-refractivity contribution is 7.90. The van der Waals surface area contributed by atoms with Gasteiger partial charge in [-0.25, -0.2) is 18.1 Å². The van der Waals surface area contributed by atoms with E-state index in [4.69, 9.17) is 4.98 Å². The zero-order valence-electron chi connectivity index (χ0n) is 19.9. The average molecular weight is 482 g/mol. The molecule has 0 radical (unpaired) electrons. The number of anilines is 1. The summed E-state index contributed by atoms with van der Waals surface area (Å²) in [6.07, 6.45) is 4.11. The minimum atomic E-state index is -3.73. The highest BCUT2D eigenvalue weighted by atomic mass is 32.2. The Kier molecular flexibility index (Phi) is 5.87. The quantitative estimate of drug-likeness (QED) is 0.630. The molecule has 1 aliphatic heterocycles. The van der Waals surface area contributed by atoms with Crippen molar-refractivity contribution in [3.8, 4) is 0 Å². The molecule has 182 valence electrons. The topological polar surface area (TPSA) is 61.7 Å². The SMILES string of the molecule is CN1C=CN(S(=O)(=O)N(C)c2ccc3c(c2)nc(C(C)(C)C)n3CC2CCC(F)(F)CC2)C1. The monoisotopic (exact) mass is 481 g/mol. The van der Waals surface area contributed by atoms with Crippen molar-refractivity contribution >= 4 is 26.9 Å². The van der Waals surface area contributed by atoms with Gasteiger partial charge in [0.05, 0.1) is 16.7 Å². The molecule has 0 N–H and O–H groups in total. The van der Waals surface area contributed by atoms with Gasteiger partial charge in [-0.15, -0.1) is 0 Å². The Hall–Kier alpha value is -2.36. The number of hydrogen-bond acceptors (Lipinski definition) is 4. The van der Waals surface area contributed by atoms with Crippen molar-refractivity contribution < 1.29 is 17.2 Å². The number of nitrogens with zero attached hydrogens (tertiary/aromatic N) is 5. The van der Waals surface area contributed by atoms with Crippen LogP contribution < -0.4 is 4.31 Å². The van der Waals surface area contributed by atoms with Crippen LogP contribution in [0.2, 0.25) is 0 Å². The van der Waals surface area contributed by atoms with E-state index in [-0.39, 0.29) is 30.8 Å². The fourth-order valence-electron chi connectivity index (χ4n) is 4.55. The first-order chi connectivity index (χ1) is 15.3. The van der Waals surface area contributed by atoms with Crippen LogP contribution in [0, 0.1) is 5.92 Å². The first-order valence-electron chi connectivity index (χ1n) is 11.3. The molecule has 2 aromatic rings. The average Bonchev–Trinajstić information content (AvgIpc) is 3.32. The van der Waals surface area contributed by atoms with Crippen molar-refractivity contribution in [2.45, 2.75) is 64.3 Å². The van der Waals surface area contributed by atoms with Gasteiger partial charge in [0.25, 0.3) is 0 Å². The normalized spacial score (nSPS) is 19.6. The highest BCUT2D eigenvalue weighted by Crippen LogP contribution is 2.38. The molecular weight excluding hydrogens is 448 g/mol. The second-order valence-electron chi connectivity index (χ2n) is 10.3. The predicted molar refractivity (Wildman–Crippen MR) is 126 cm³/mol. The molecule has 2 heterocycles. The molecule has 2 aliphatic rings. The second-order valence-corrected chi connectivity index (χ2v) is 12.2. The molecule has 0 spiro atoms. The van der Waals surface area contributed by atoms with Crippen LogP contribution in [-0.4, -0.2) is 53.9 Å². The van der Waals surface area contributed by atoms with Crippen LogP contribution in [0.1, 0.15) is 52.3 Å². The van der Waals surface area contributed by atoms with Gasteiger partial charge in [0.15, 0.2) is 0 Å². The van der Waals surface area contributed by atoms with Gasteiger partial charge in [-0.2, -0.15) is 8.42 Å². The molecule has 0 unspecified atom stereocenters. The molecule has 0 saturated heterocycles. The molecule has 7 nitrogen and oxygen atoms in total. The Labute approximate surface area is 194 Å². The highest BCUT2D eigenvalue weighted by Gasteiger charge is 2.36. The smallest absolute Gasteiger partial charge is 0.327 e. The largest absolute Gasteiger partial charge is 0.361 e. The number of halogens is 2. The summed E-state index contributed by atoms with van der Waals surface area (Å²) in [4.78, 5) is 6.65. The third-order valence-electron chi connectivity index (χ3n) is 6.54. The van der Waals surface area contributed by atoms with Crippen LogP contribution in [-0.2, 0) is 22.2 Å². The van der Waals surface area contributed by atoms with Gasteiger partial charge < -0.3 is 9.47 Å². The molecule has 0 bridgehead atoms. The first kappa shape index (κ1) is 23.8. The lowest BCUT2D eigenvalue weighted by Gasteiger charge is -2.30. The van der Waals surface area contributed by atoms with E-state index < -0.39 is 16.1 Å². The third kappa shape index (κ3) is 4.67. The summed E-state index contributed by atoms with van der Waals surface area (Å²) in [7, 11) is -0.380. The number of rotatable bonds is 5. The fraction of sp³-hybridized carbons (Fsp3) is 0.609. The van der Waals surface area contributed by atoms with Crippen LogP contribution >= 0.6 is 0 Å². The standard InChI is InChI=1S/C23H33F2N5O2S/c1-22(2,3)21-26-19-14-18(28(5)33(31,32)29-13-12-27(4)16-29)6-7-20(19)30(21)15-17-8-10-23(24,25)11-9-17/h6-7,12-14,17H,8-11,15-16H2,1-5H3. The fourth-order valence-corrected chi connectivity index (χ4v) is 5.79. The maximum absolute atomic E-state index is 13.6. The molecule has 1 fully saturated rings. The zero-order chi connectivity index (χ0) is 24.2. The Morgan fingerprint density at radius 2 is 1.85 bits per heavy atom. The summed E-state index contributed by atoms with van der Waals surface area (Å²) in [6.45, 7) is 7.13. The van der Waals surface area contributed by atoms with E-state index in [1.54, 1.807) is 29.4 Å². The van der Waals surface area contributed by atoms with E-state index in [0.717, 1.165) is 11.3 Å². The van der Waals surface area contributed by atoms with E-state index in [2.05, 4.69) is 25.3 Å². The van der Waals surface area contributed by atoms with Gasteiger partial charge in [-0.1, -0.05) is 20.8 Å². The number of hydrogen-bond donors (Lipinski definition) is 0. The van der Waals surface area contributed by atoms with Crippen molar-refractivity contribution in [3.05, 3.63) is 36.4 Å². The summed E-state index contributed by atoms with van der Waals surface area (Å²) >= 11 is 0. The lowest BCUT2D eigenvalue weighted by atomic mass is 9.86. The lowest BCUT2D eigenvalue weighted by Crippen LogP contribution is -2.40. The molecule has 1 aromatic heterocycles.